The van der Waals surface area contributed by atoms with Crippen LogP contribution in [-0.2, 0) is 4.74 Å². The standard InChI is InChI=1S/C5H10Br2O/c1-8-5(4-7)2-3-6/h5H,2-4H2,1H3/t5-/m0/s1. The number of halogens is 2. The summed E-state index contributed by atoms with van der Waals surface area (Å²) in [4.78, 5) is 0. The Morgan fingerprint density at radius 1 is 1.50 bits per heavy atom. The van der Waals surface area contributed by atoms with Crippen LogP contribution in [-0.4, -0.2) is 23.9 Å². The average molecular weight is 246 g/mol. The zero-order valence-corrected chi connectivity index (χ0v) is 8.03. The Morgan fingerprint density at radius 3 is 2.25 bits per heavy atom. The SMILES string of the molecule is CO[C@H](CBr)CCBr. The molecule has 0 fully saturated rings. The number of ether oxygens (including phenoxy) is 1. The van der Waals surface area contributed by atoms with E-state index in [2.05, 4.69) is 31.9 Å². The lowest BCUT2D eigenvalue weighted by atomic mass is 10.3. The maximum absolute atomic E-state index is 5.06. The van der Waals surface area contributed by atoms with Crippen LogP contribution in [0.3, 0.4) is 0 Å². The second kappa shape index (κ2) is 6.05. The first-order valence-electron chi connectivity index (χ1n) is 2.49. The first-order valence-corrected chi connectivity index (χ1v) is 4.74. The fourth-order valence-electron chi connectivity index (χ4n) is 0.380. The third-order valence-corrected chi connectivity index (χ3v) is 2.12. The van der Waals surface area contributed by atoms with Gasteiger partial charge in [0.15, 0.2) is 0 Å². The summed E-state index contributed by atoms with van der Waals surface area (Å²) < 4.78 is 5.06. The van der Waals surface area contributed by atoms with Crippen molar-refractivity contribution in [3.63, 3.8) is 0 Å². The number of rotatable bonds is 4. The summed E-state index contributed by atoms with van der Waals surface area (Å²) in [6, 6.07) is 0. The molecule has 1 atom stereocenters. The molecule has 0 bridgehead atoms. The van der Waals surface area contributed by atoms with E-state index in [1.165, 1.54) is 0 Å². The lowest BCUT2D eigenvalue weighted by molar-refractivity contribution is 0.121. The third-order valence-electron chi connectivity index (χ3n) is 0.937. The van der Waals surface area contributed by atoms with Gasteiger partial charge in [0.05, 0.1) is 6.10 Å². The molecule has 0 aliphatic rings. The second-order valence-electron chi connectivity index (χ2n) is 1.49. The maximum atomic E-state index is 5.06. The molecule has 0 N–H and O–H groups in total. The highest BCUT2D eigenvalue weighted by Gasteiger charge is 2.01. The zero-order valence-electron chi connectivity index (χ0n) is 4.86. The first-order chi connectivity index (χ1) is 3.85. The normalized spacial score (nSPS) is 13.9. The van der Waals surface area contributed by atoms with Crippen molar-refractivity contribution in [2.45, 2.75) is 12.5 Å². The minimum atomic E-state index is 0.370. The van der Waals surface area contributed by atoms with Gasteiger partial charge < -0.3 is 4.74 Å². The Bertz CT molecular complexity index is 45.7. The van der Waals surface area contributed by atoms with E-state index in [9.17, 15) is 0 Å². The molecule has 0 aliphatic heterocycles. The highest BCUT2D eigenvalue weighted by atomic mass is 79.9. The Morgan fingerprint density at radius 2 is 2.12 bits per heavy atom. The molecule has 0 heterocycles. The van der Waals surface area contributed by atoms with Crippen molar-refractivity contribution in [1.82, 2.24) is 0 Å². The molecule has 0 spiro atoms. The molecule has 0 saturated heterocycles. The smallest absolute Gasteiger partial charge is 0.0676 e. The van der Waals surface area contributed by atoms with Gasteiger partial charge in [-0.1, -0.05) is 31.9 Å². The van der Waals surface area contributed by atoms with E-state index < -0.39 is 0 Å². The van der Waals surface area contributed by atoms with E-state index in [0.717, 1.165) is 17.1 Å². The van der Waals surface area contributed by atoms with E-state index >= 15 is 0 Å². The van der Waals surface area contributed by atoms with Crippen LogP contribution in [0.2, 0.25) is 0 Å². The Labute approximate surface area is 67.0 Å². The van der Waals surface area contributed by atoms with Crippen LogP contribution in [0.5, 0.6) is 0 Å². The molecule has 1 nitrogen and oxygen atoms in total. The summed E-state index contributed by atoms with van der Waals surface area (Å²) in [5.41, 5.74) is 0. The largest absolute Gasteiger partial charge is 0.381 e. The highest BCUT2D eigenvalue weighted by molar-refractivity contribution is 9.09. The van der Waals surface area contributed by atoms with Crippen LogP contribution in [0.4, 0.5) is 0 Å². The fraction of sp³-hybridized carbons (Fsp3) is 1.00. The van der Waals surface area contributed by atoms with Crippen molar-refractivity contribution in [2.24, 2.45) is 0 Å². The molecule has 50 valence electrons. The number of hydrogen-bond donors (Lipinski definition) is 0. The van der Waals surface area contributed by atoms with Gasteiger partial charge in [0.25, 0.3) is 0 Å². The highest BCUT2D eigenvalue weighted by Crippen LogP contribution is 2.02. The molecule has 0 rings (SSSR count). The predicted octanol–water partition coefficient (Wildman–Crippen LogP) is 2.18. The minimum absolute atomic E-state index is 0.370. The molecule has 0 aliphatic carbocycles. The molecule has 0 saturated carbocycles. The molecular formula is C5H10Br2O. The molecule has 0 aromatic heterocycles. The molecule has 3 heteroatoms. The molecule has 0 aromatic rings. The quantitative estimate of drug-likeness (QED) is 0.690. The van der Waals surface area contributed by atoms with Crippen LogP contribution >= 0.6 is 31.9 Å². The van der Waals surface area contributed by atoms with Crippen molar-refractivity contribution in [2.75, 3.05) is 17.8 Å². The van der Waals surface area contributed by atoms with Crippen molar-refractivity contribution in [3.8, 4) is 0 Å². The van der Waals surface area contributed by atoms with E-state index in [-0.39, 0.29) is 0 Å². The van der Waals surface area contributed by atoms with Gasteiger partial charge in [0.2, 0.25) is 0 Å². The molecule has 0 unspecified atom stereocenters. The van der Waals surface area contributed by atoms with Gasteiger partial charge in [-0.2, -0.15) is 0 Å². The predicted molar refractivity (Wildman–Crippen MR) is 43.0 cm³/mol. The van der Waals surface area contributed by atoms with Crippen LogP contribution in [0.15, 0.2) is 0 Å². The van der Waals surface area contributed by atoms with Gasteiger partial charge in [-0.3, -0.25) is 0 Å². The van der Waals surface area contributed by atoms with Gasteiger partial charge in [-0.25, -0.2) is 0 Å². The second-order valence-corrected chi connectivity index (χ2v) is 2.93. The molecular weight excluding hydrogens is 236 g/mol. The zero-order chi connectivity index (χ0) is 6.41. The Hall–Kier alpha value is 0.920. The summed E-state index contributed by atoms with van der Waals surface area (Å²) in [6.45, 7) is 0. The number of hydrogen-bond acceptors (Lipinski definition) is 1. The Kier molecular flexibility index (Phi) is 6.74. The summed E-state index contributed by atoms with van der Waals surface area (Å²) in [5, 5.41) is 1.94. The molecule has 0 amide bonds. The van der Waals surface area contributed by atoms with Crippen LogP contribution < -0.4 is 0 Å². The van der Waals surface area contributed by atoms with Crippen molar-refractivity contribution >= 4 is 31.9 Å². The lowest BCUT2D eigenvalue weighted by Gasteiger charge is -2.08. The van der Waals surface area contributed by atoms with E-state index in [1.807, 2.05) is 0 Å². The third kappa shape index (κ3) is 3.87. The van der Waals surface area contributed by atoms with E-state index in [4.69, 9.17) is 4.74 Å². The van der Waals surface area contributed by atoms with Crippen molar-refractivity contribution in [1.29, 1.82) is 0 Å². The number of methoxy groups -OCH3 is 1. The number of alkyl halides is 2. The average Bonchev–Trinajstić information content (AvgIpc) is 1.83. The molecule has 0 radical (unpaired) electrons. The monoisotopic (exact) mass is 244 g/mol. The van der Waals surface area contributed by atoms with E-state index in [1.54, 1.807) is 7.11 Å². The molecule has 8 heavy (non-hydrogen) atoms. The maximum Gasteiger partial charge on any atom is 0.0676 e. The van der Waals surface area contributed by atoms with Gasteiger partial charge in [-0.05, 0) is 6.42 Å². The van der Waals surface area contributed by atoms with Gasteiger partial charge in [0, 0.05) is 17.8 Å². The minimum Gasteiger partial charge on any atom is -0.381 e. The fourth-order valence-corrected chi connectivity index (χ4v) is 1.48. The molecule has 0 aromatic carbocycles. The first kappa shape index (κ1) is 8.92. The topological polar surface area (TPSA) is 9.23 Å². The summed E-state index contributed by atoms with van der Waals surface area (Å²) in [6.07, 6.45) is 1.44. The van der Waals surface area contributed by atoms with Crippen LogP contribution in [0.1, 0.15) is 6.42 Å². The van der Waals surface area contributed by atoms with Gasteiger partial charge >= 0.3 is 0 Å². The lowest BCUT2D eigenvalue weighted by Crippen LogP contribution is -2.11. The van der Waals surface area contributed by atoms with E-state index in [0.29, 0.717) is 6.10 Å². The Balaban J connectivity index is 3.07. The summed E-state index contributed by atoms with van der Waals surface area (Å²) in [5.74, 6) is 0. The van der Waals surface area contributed by atoms with Gasteiger partial charge in [0.1, 0.15) is 0 Å². The van der Waals surface area contributed by atoms with Crippen LogP contribution in [0.25, 0.3) is 0 Å². The summed E-state index contributed by atoms with van der Waals surface area (Å²) >= 11 is 6.66. The van der Waals surface area contributed by atoms with Crippen molar-refractivity contribution in [3.05, 3.63) is 0 Å². The van der Waals surface area contributed by atoms with Crippen molar-refractivity contribution < 1.29 is 4.74 Å². The van der Waals surface area contributed by atoms with Gasteiger partial charge in [-0.15, -0.1) is 0 Å². The van der Waals surface area contributed by atoms with Crippen LogP contribution in [0, 0.1) is 0 Å². The summed E-state index contributed by atoms with van der Waals surface area (Å²) in [7, 11) is 1.73.